The van der Waals surface area contributed by atoms with Crippen LogP contribution in [0.1, 0.15) is 20.8 Å². The van der Waals surface area contributed by atoms with E-state index in [2.05, 4.69) is 6.58 Å². The molecule has 1 rings (SSSR count). The van der Waals surface area contributed by atoms with Crippen molar-refractivity contribution in [1.82, 2.24) is 4.90 Å². The summed E-state index contributed by atoms with van der Waals surface area (Å²) in [6, 6.07) is 0. The van der Waals surface area contributed by atoms with Gasteiger partial charge < -0.3 is 14.7 Å². The molecule has 86 valence electrons. The molecule has 0 aromatic rings. The number of carbonyl (C=O) groups excluding carboxylic acids is 1. The standard InChI is InChI=1S/C11H19NO3/c1-5-8-6-12(7-9(8)13)10(14)15-11(2,3)4/h5,8-9,13H,1,6-7H2,2-4H3/t8-,9-/m0/s1. The van der Waals surface area contributed by atoms with Crippen molar-refractivity contribution in [3.05, 3.63) is 12.7 Å². The molecule has 1 heterocycles. The monoisotopic (exact) mass is 213 g/mol. The van der Waals surface area contributed by atoms with Crippen molar-refractivity contribution in [3.8, 4) is 0 Å². The Balaban J connectivity index is 2.53. The third-order valence-electron chi connectivity index (χ3n) is 2.29. The minimum absolute atomic E-state index is 0.0440. The van der Waals surface area contributed by atoms with Gasteiger partial charge in [-0.25, -0.2) is 4.79 Å². The van der Waals surface area contributed by atoms with E-state index in [1.807, 2.05) is 20.8 Å². The Labute approximate surface area is 90.5 Å². The molecule has 0 saturated carbocycles. The van der Waals surface area contributed by atoms with Gasteiger partial charge in [-0.05, 0) is 20.8 Å². The third kappa shape index (κ3) is 3.23. The lowest BCUT2D eigenvalue weighted by Crippen LogP contribution is -2.35. The number of ether oxygens (including phenoxy) is 1. The van der Waals surface area contributed by atoms with Crippen LogP contribution in [-0.2, 0) is 4.74 Å². The molecule has 0 radical (unpaired) electrons. The highest BCUT2D eigenvalue weighted by Gasteiger charge is 2.34. The highest BCUT2D eigenvalue weighted by Crippen LogP contribution is 2.20. The highest BCUT2D eigenvalue weighted by atomic mass is 16.6. The van der Waals surface area contributed by atoms with Gasteiger partial charge in [-0.15, -0.1) is 6.58 Å². The van der Waals surface area contributed by atoms with Gasteiger partial charge in [-0.1, -0.05) is 6.08 Å². The number of nitrogens with zero attached hydrogens (tertiary/aromatic N) is 1. The second-order valence-corrected chi connectivity index (χ2v) is 4.85. The molecule has 1 N–H and O–H groups in total. The molecular weight excluding hydrogens is 194 g/mol. The first-order valence-electron chi connectivity index (χ1n) is 5.12. The third-order valence-corrected chi connectivity index (χ3v) is 2.29. The largest absolute Gasteiger partial charge is 0.444 e. The van der Waals surface area contributed by atoms with E-state index in [9.17, 15) is 9.90 Å². The second kappa shape index (κ2) is 4.23. The maximum atomic E-state index is 11.6. The second-order valence-electron chi connectivity index (χ2n) is 4.85. The number of carbonyl (C=O) groups is 1. The van der Waals surface area contributed by atoms with E-state index < -0.39 is 11.7 Å². The molecule has 1 saturated heterocycles. The van der Waals surface area contributed by atoms with Gasteiger partial charge in [-0.3, -0.25) is 0 Å². The fourth-order valence-corrected chi connectivity index (χ4v) is 1.52. The lowest BCUT2D eigenvalue weighted by molar-refractivity contribution is 0.0270. The molecule has 1 aliphatic heterocycles. The van der Waals surface area contributed by atoms with Crippen LogP contribution in [0.15, 0.2) is 12.7 Å². The summed E-state index contributed by atoms with van der Waals surface area (Å²) in [5, 5.41) is 9.59. The lowest BCUT2D eigenvalue weighted by Gasteiger charge is -2.24. The van der Waals surface area contributed by atoms with Crippen LogP contribution >= 0.6 is 0 Å². The van der Waals surface area contributed by atoms with Crippen molar-refractivity contribution in [2.75, 3.05) is 13.1 Å². The van der Waals surface area contributed by atoms with E-state index in [4.69, 9.17) is 4.74 Å². The molecule has 1 amide bonds. The minimum Gasteiger partial charge on any atom is -0.444 e. The lowest BCUT2D eigenvalue weighted by atomic mass is 10.1. The highest BCUT2D eigenvalue weighted by molar-refractivity contribution is 5.68. The van der Waals surface area contributed by atoms with Gasteiger partial charge in [0.1, 0.15) is 5.60 Å². The number of likely N-dealkylation sites (tertiary alicyclic amines) is 1. The van der Waals surface area contributed by atoms with E-state index in [1.54, 1.807) is 6.08 Å². The molecule has 1 fully saturated rings. The van der Waals surface area contributed by atoms with Crippen molar-refractivity contribution in [3.63, 3.8) is 0 Å². The summed E-state index contributed by atoms with van der Waals surface area (Å²) in [6.07, 6.45) is 0.788. The number of hydrogen-bond donors (Lipinski definition) is 1. The van der Waals surface area contributed by atoms with Crippen LogP contribution in [0.3, 0.4) is 0 Å². The van der Waals surface area contributed by atoms with Crippen molar-refractivity contribution in [2.45, 2.75) is 32.5 Å². The zero-order valence-corrected chi connectivity index (χ0v) is 9.56. The zero-order chi connectivity index (χ0) is 11.6. The number of aliphatic hydroxyl groups excluding tert-OH is 1. The normalized spacial score (nSPS) is 26.5. The maximum Gasteiger partial charge on any atom is 0.410 e. The van der Waals surface area contributed by atoms with Crippen molar-refractivity contribution >= 4 is 6.09 Å². The topological polar surface area (TPSA) is 49.8 Å². The first kappa shape index (κ1) is 12.0. The molecular formula is C11H19NO3. The Morgan fingerprint density at radius 2 is 2.13 bits per heavy atom. The Kier molecular flexibility index (Phi) is 3.39. The molecule has 0 spiro atoms. The fourth-order valence-electron chi connectivity index (χ4n) is 1.52. The molecule has 0 unspecified atom stereocenters. The maximum absolute atomic E-state index is 11.6. The summed E-state index contributed by atoms with van der Waals surface area (Å²) in [5.74, 6) is -0.0440. The molecule has 0 bridgehead atoms. The summed E-state index contributed by atoms with van der Waals surface area (Å²) in [5.41, 5.74) is -0.492. The van der Waals surface area contributed by atoms with Gasteiger partial charge in [0.05, 0.1) is 12.6 Å². The number of hydrogen-bond acceptors (Lipinski definition) is 3. The summed E-state index contributed by atoms with van der Waals surface area (Å²) < 4.78 is 5.20. The zero-order valence-electron chi connectivity index (χ0n) is 9.56. The van der Waals surface area contributed by atoms with E-state index in [0.29, 0.717) is 13.1 Å². The first-order valence-corrected chi connectivity index (χ1v) is 5.12. The average Bonchev–Trinajstić information content (AvgIpc) is 2.43. The predicted molar refractivity (Wildman–Crippen MR) is 57.5 cm³/mol. The number of aliphatic hydroxyl groups is 1. The van der Waals surface area contributed by atoms with Crippen LogP contribution in [-0.4, -0.2) is 40.9 Å². The fraction of sp³-hybridized carbons (Fsp3) is 0.727. The Hall–Kier alpha value is -1.03. The van der Waals surface area contributed by atoms with Gasteiger partial charge in [-0.2, -0.15) is 0 Å². The van der Waals surface area contributed by atoms with E-state index in [0.717, 1.165) is 0 Å². The quantitative estimate of drug-likeness (QED) is 0.670. The predicted octanol–water partition coefficient (Wildman–Crippen LogP) is 1.40. The smallest absolute Gasteiger partial charge is 0.410 e. The molecule has 4 nitrogen and oxygen atoms in total. The summed E-state index contributed by atoms with van der Waals surface area (Å²) in [7, 11) is 0. The number of rotatable bonds is 1. The molecule has 1 aliphatic rings. The molecule has 0 aromatic heterocycles. The molecule has 2 atom stereocenters. The average molecular weight is 213 g/mol. The number of amides is 1. The summed E-state index contributed by atoms with van der Waals surface area (Å²) in [6.45, 7) is 9.90. The van der Waals surface area contributed by atoms with Crippen molar-refractivity contribution in [2.24, 2.45) is 5.92 Å². The summed E-state index contributed by atoms with van der Waals surface area (Å²) in [4.78, 5) is 13.1. The number of β-amino-alcohol motifs (C(OH)–C–C–N with tert-alkyl or cyclic N) is 1. The molecule has 4 heteroatoms. The SMILES string of the molecule is C=C[C@H]1CN(C(=O)OC(C)(C)C)C[C@@H]1O. The van der Waals surface area contributed by atoms with Crippen LogP contribution < -0.4 is 0 Å². The first-order chi connectivity index (χ1) is 6.83. The Bertz CT molecular complexity index is 257. The van der Waals surface area contributed by atoms with E-state index >= 15 is 0 Å². The van der Waals surface area contributed by atoms with Crippen LogP contribution in [0.4, 0.5) is 4.79 Å². The molecule has 0 aromatic carbocycles. The molecule has 15 heavy (non-hydrogen) atoms. The minimum atomic E-state index is -0.519. The summed E-state index contributed by atoms with van der Waals surface area (Å²) >= 11 is 0. The molecule has 0 aliphatic carbocycles. The van der Waals surface area contributed by atoms with Gasteiger partial charge in [0, 0.05) is 12.5 Å². The van der Waals surface area contributed by atoms with E-state index in [1.165, 1.54) is 4.90 Å². The van der Waals surface area contributed by atoms with E-state index in [-0.39, 0.29) is 12.0 Å². The van der Waals surface area contributed by atoms with Gasteiger partial charge in [0.2, 0.25) is 0 Å². The van der Waals surface area contributed by atoms with Crippen LogP contribution in [0.2, 0.25) is 0 Å². The van der Waals surface area contributed by atoms with Crippen LogP contribution in [0.25, 0.3) is 0 Å². The van der Waals surface area contributed by atoms with Crippen molar-refractivity contribution in [1.29, 1.82) is 0 Å². The van der Waals surface area contributed by atoms with Gasteiger partial charge >= 0.3 is 6.09 Å². The van der Waals surface area contributed by atoms with Crippen molar-refractivity contribution < 1.29 is 14.6 Å². The Morgan fingerprint density at radius 3 is 2.53 bits per heavy atom. The Morgan fingerprint density at radius 1 is 1.53 bits per heavy atom. The van der Waals surface area contributed by atoms with Gasteiger partial charge in [0.15, 0.2) is 0 Å². The van der Waals surface area contributed by atoms with Crippen LogP contribution in [0.5, 0.6) is 0 Å². The van der Waals surface area contributed by atoms with Crippen LogP contribution in [0, 0.1) is 5.92 Å². The van der Waals surface area contributed by atoms with Gasteiger partial charge in [0.25, 0.3) is 0 Å².